The van der Waals surface area contributed by atoms with Gasteiger partial charge in [-0.25, -0.2) is 4.79 Å². The maximum absolute atomic E-state index is 13.3. The molecule has 0 bridgehead atoms. The number of nitro groups is 2. The van der Waals surface area contributed by atoms with E-state index in [1.807, 2.05) is 91.0 Å². The van der Waals surface area contributed by atoms with Crippen molar-refractivity contribution in [3.8, 4) is 0 Å². The summed E-state index contributed by atoms with van der Waals surface area (Å²) in [6.45, 7) is 2.12. The van der Waals surface area contributed by atoms with Gasteiger partial charge in [0.2, 0.25) is 0 Å². The molecule has 4 aromatic carbocycles. The summed E-state index contributed by atoms with van der Waals surface area (Å²) < 4.78 is 37.4. The second-order valence-electron chi connectivity index (χ2n) is 11.4. The number of carbonyl (C=O) groups is 1. The van der Waals surface area contributed by atoms with Crippen LogP contribution in [0.1, 0.15) is 34.0 Å². The number of rotatable bonds is 15. The number of nitrogens with zero attached hydrogens (tertiary/aromatic N) is 2. The third kappa shape index (κ3) is 9.31. The van der Waals surface area contributed by atoms with Gasteiger partial charge in [-0.1, -0.05) is 91.0 Å². The molecule has 13 heteroatoms. The van der Waals surface area contributed by atoms with Crippen LogP contribution in [-0.2, 0) is 48.2 Å². The third-order valence-electron chi connectivity index (χ3n) is 7.93. The normalized spacial score (nSPS) is 21.1. The van der Waals surface area contributed by atoms with Gasteiger partial charge in [0.05, 0.1) is 41.3 Å². The minimum Gasteiger partial charge on any atom is -0.456 e. The van der Waals surface area contributed by atoms with Crippen LogP contribution in [0.4, 0.5) is 11.4 Å². The molecule has 13 nitrogen and oxygen atoms in total. The van der Waals surface area contributed by atoms with Crippen LogP contribution < -0.4 is 0 Å². The van der Waals surface area contributed by atoms with Crippen molar-refractivity contribution in [2.24, 2.45) is 0 Å². The topological polar surface area (TPSA) is 159 Å². The third-order valence-corrected chi connectivity index (χ3v) is 7.93. The van der Waals surface area contributed by atoms with E-state index < -0.39 is 64.0 Å². The molecule has 1 aliphatic rings. The van der Waals surface area contributed by atoms with Crippen LogP contribution >= 0.6 is 0 Å². The van der Waals surface area contributed by atoms with Gasteiger partial charge in [0, 0.05) is 19.2 Å². The molecule has 1 aliphatic heterocycles. The standard InChI is InChI=1S/C36H36N2O11/c1-24(48-35(39)28-18-29(37(40)41)20-30(19-28)38(42)43)31-32(45-21-25-12-6-3-7-13-25)33(46-22-26-14-8-4-9-15-26)34(36(44-2)49-31)47-23-27-16-10-5-11-17-27/h3-20,24,31-34,36H,21-23H2,1-2H3/t24-,31+,32+,33-,34+,36-/m0/s1. The van der Waals surface area contributed by atoms with Gasteiger partial charge >= 0.3 is 5.97 Å². The summed E-state index contributed by atoms with van der Waals surface area (Å²) in [5.41, 5.74) is 1.06. The van der Waals surface area contributed by atoms with Gasteiger partial charge in [0.15, 0.2) is 6.29 Å². The van der Waals surface area contributed by atoms with E-state index in [1.54, 1.807) is 6.92 Å². The van der Waals surface area contributed by atoms with E-state index >= 15 is 0 Å². The first-order valence-electron chi connectivity index (χ1n) is 15.5. The summed E-state index contributed by atoms with van der Waals surface area (Å²) in [7, 11) is 1.46. The zero-order valence-electron chi connectivity index (χ0n) is 26.9. The molecule has 0 unspecified atom stereocenters. The molecule has 0 amide bonds. The van der Waals surface area contributed by atoms with Gasteiger partial charge in [-0.05, 0) is 23.6 Å². The predicted molar refractivity (Wildman–Crippen MR) is 175 cm³/mol. The Labute approximate surface area is 282 Å². The predicted octanol–water partition coefficient (Wildman–Crippen LogP) is 6.18. The minimum atomic E-state index is -1.05. The average Bonchev–Trinajstić information content (AvgIpc) is 3.13. The number of ether oxygens (including phenoxy) is 6. The zero-order valence-corrected chi connectivity index (χ0v) is 26.9. The molecule has 49 heavy (non-hydrogen) atoms. The Hall–Kier alpha value is -5.05. The average molecular weight is 673 g/mol. The van der Waals surface area contributed by atoms with Crippen LogP contribution in [0.5, 0.6) is 0 Å². The van der Waals surface area contributed by atoms with Crippen LogP contribution in [0.25, 0.3) is 0 Å². The zero-order chi connectivity index (χ0) is 34.8. The number of nitro benzene ring substituents is 2. The summed E-state index contributed by atoms with van der Waals surface area (Å²) in [4.78, 5) is 34.6. The first kappa shape index (κ1) is 35.3. The summed E-state index contributed by atoms with van der Waals surface area (Å²) in [5, 5.41) is 22.9. The monoisotopic (exact) mass is 672 g/mol. The van der Waals surface area contributed by atoms with Crippen LogP contribution in [0.2, 0.25) is 0 Å². The molecule has 4 aromatic rings. The van der Waals surface area contributed by atoms with E-state index in [0.717, 1.165) is 34.9 Å². The number of benzene rings is 4. The minimum absolute atomic E-state index is 0.150. The SMILES string of the molecule is CO[C@H]1O[C@H]([C@H](C)OC(=O)c2cc([N+](=O)[O-])cc([N+](=O)[O-])c2)[C@@H](OCc2ccccc2)[C@H](OCc2ccccc2)[C@H]1OCc1ccccc1. The quantitative estimate of drug-likeness (QED) is 0.0807. The Bertz CT molecular complexity index is 1660. The summed E-state index contributed by atoms with van der Waals surface area (Å²) >= 11 is 0. The fraction of sp³-hybridized carbons (Fsp3) is 0.306. The number of esters is 1. The van der Waals surface area contributed by atoms with Crippen molar-refractivity contribution in [3.05, 3.63) is 152 Å². The number of hydrogen-bond donors (Lipinski definition) is 0. The van der Waals surface area contributed by atoms with Crippen LogP contribution in [0.15, 0.2) is 109 Å². The Morgan fingerprint density at radius 3 is 1.55 bits per heavy atom. The fourth-order valence-electron chi connectivity index (χ4n) is 5.49. The molecule has 0 aliphatic carbocycles. The van der Waals surface area contributed by atoms with Gasteiger partial charge in [-0.2, -0.15) is 0 Å². The van der Waals surface area contributed by atoms with Gasteiger partial charge in [0.1, 0.15) is 30.5 Å². The molecule has 5 rings (SSSR count). The molecule has 1 heterocycles. The molecular formula is C36H36N2O11. The van der Waals surface area contributed by atoms with E-state index in [-0.39, 0.29) is 25.4 Å². The van der Waals surface area contributed by atoms with E-state index in [1.165, 1.54) is 7.11 Å². The molecule has 0 N–H and O–H groups in total. The van der Waals surface area contributed by atoms with E-state index in [2.05, 4.69) is 0 Å². The van der Waals surface area contributed by atoms with Crippen LogP contribution in [0.3, 0.4) is 0 Å². The highest BCUT2D eigenvalue weighted by Crippen LogP contribution is 2.33. The van der Waals surface area contributed by atoms with E-state index in [0.29, 0.717) is 0 Å². The number of methoxy groups -OCH3 is 1. The molecular weight excluding hydrogens is 636 g/mol. The highest BCUT2D eigenvalue weighted by Gasteiger charge is 2.51. The molecule has 1 saturated heterocycles. The molecule has 0 radical (unpaired) electrons. The maximum atomic E-state index is 13.3. The summed E-state index contributed by atoms with van der Waals surface area (Å²) in [5.74, 6) is -1.03. The Balaban J connectivity index is 1.47. The largest absolute Gasteiger partial charge is 0.456 e. The van der Waals surface area contributed by atoms with Crippen molar-refractivity contribution in [3.63, 3.8) is 0 Å². The lowest BCUT2D eigenvalue weighted by atomic mass is 9.94. The lowest BCUT2D eigenvalue weighted by molar-refractivity contribution is -0.394. The Kier molecular flexibility index (Phi) is 12.1. The lowest BCUT2D eigenvalue weighted by Crippen LogP contribution is -2.63. The van der Waals surface area contributed by atoms with Crippen molar-refractivity contribution in [2.45, 2.75) is 63.6 Å². The first-order valence-corrected chi connectivity index (χ1v) is 15.5. The first-order chi connectivity index (χ1) is 23.7. The number of hydrogen-bond acceptors (Lipinski definition) is 11. The van der Waals surface area contributed by atoms with Crippen molar-refractivity contribution in [1.82, 2.24) is 0 Å². The van der Waals surface area contributed by atoms with Crippen molar-refractivity contribution in [1.29, 1.82) is 0 Å². The molecule has 1 fully saturated rings. The second-order valence-corrected chi connectivity index (χ2v) is 11.4. The van der Waals surface area contributed by atoms with Gasteiger partial charge in [-0.15, -0.1) is 0 Å². The smallest absolute Gasteiger partial charge is 0.338 e. The van der Waals surface area contributed by atoms with Gasteiger partial charge < -0.3 is 28.4 Å². The van der Waals surface area contributed by atoms with Gasteiger partial charge in [0.25, 0.3) is 11.4 Å². The number of carbonyl (C=O) groups excluding carboxylic acids is 1. The lowest BCUT2D eigenvalue weighted by Gasteiger charge is -2.46. The van der Waals surface area contributed by atoms with Crippen molar-refractivity contribution < 1.29 is 43.1 Å². The van der Waals surface area contributed by atoms with Crippen LogP contribution in [0, 0.1) is 20.2 Å². The summed E-state index contributed by atoms with van der Waals surface area (Å²) in [6, 6.07) is 31.2. The molecule has 6 atom stereocenters. The number of non-ortho nitro benzene ring substituents is 2. The maximum Gasteiger partial charge on any atom is 0.338 e. The second kappa shape index (κ2) is 16.9. The molecule has 0 spiro atoms. The van der Waals surface area contributed by atoms with Gasteiger partial charge in [-0.3, -0.25) is 20.2 Å². The van der Waals surface area contributed by atoms with E-state index in [4.69, 9.17) is 28.4 Å². The van der Waals surface area contributed by atoms with Crippen molar-refractivity contribution in [2.75, 3.05) is 7.11 Å². The Morgan fingerprint density at radius 2 is 1.12 bits per heavy atom. The molecule has 256 valence electrons. The molecule has 0 saturated carbocycles. The highest BCUT2D eigenvalue weighted by molar-refractivity contribution is 5.91. The summed E-state index contributed by atoms with van der Waals surface area (Å²) in [6.07, 6.45) is -5.54. The van der Waals surface area contributed by atoms with Crippen molar-refractivity contribution >= 4 is 17.3 Å². The van der Waals surface area contributed by atoms with E-state index in [9.17, 15) is 25.0 Å². The van der Waals surface area contributed by atoms with Crippen LogP contribution in [-0.4, -0.2) is 59.7 Å². The Morgan fingerprint density at radius 1 is 0.694 bits per heavy atom. The molecule has 0 aromatic heterocycles. The highest BCUT2D eigenvalue weighted by atomic mass is 16.7. The fourth-order valence-corrected chi connectivity index (χ4v) is 5.49.